The Balaban J connectivity index is 2.13. The summed E-state index contributed by atoms with van der Waals surface area (Å²) in [5, 5.41) is 14.1. The topological polar surface area (TPSA) is 67.2 Å². The minimum absolute atomic E-state index is 0.494. The van der Waals surface area contributed by atoms with E-state index in [1.54, 1.807) is 31.5 Å². The van der Waals surface area contributed by atoms with Gasteiger partial charge in [0.15, 0.2) is 0 Å². The van der Waals surface area contributed by atoms with E-state index in [0.717, 1.165) is 10.7 Å². The van der Waals surface area contributed by atoms with Gasteiger partial charge < -0.3 is 15.0 Å². The maximum atomic E-state index is 11.2. The number of hydrogen-bond acceptors (Lipinski definition) is 4. The van der Waals surface area contributed by atoms with Crippen LogP contribution in [0.2, 0.25) is 0 Å². The van der Waals surface area contributed by atoms with E-state index in [2.05, 4.69) is 10.3 Å². The van der Waals surface area contributed by atoms with Crippen LogP contribution in [0.25, 0.3) is 10.7 Å². The van der Waals surface area contributed by atoms with Crippen LogP contribution in [0, 0.1) is 0 Å². The summed E-state index contributed by atoms with van der Waals surface area (Å²) < 4.78 is 1.99. The lowest BCUT2D eigenvalue weighted by molar-refractivity contribution is -0.144. The largest absolute Gasteiger partial charge is 0.480 e. The monoisotopic (exact) mass is 279 g/mol. The Morgan fingerprint density at radius 2 is 2.42 bits per heavy atom. The molecular formula is C13H17N3O2S. The van der Waals surface area contributed by atoms with Crippen molar-refractivity contribution >= 4 is 17.3 Å². The Kier molecular flexibility index (Phi) is 4.01. The zero-order chi connectivity index (χ0) is 13.9. The second kappa shape index (κ2) is 5.54. The first-order chi connectivity index (χ1) is 9.07. The van der Waals surface area contributed by atoms with Crippen molar-refractivity contribution in [2.75, 3.05) is 7.05 Å². The molecule has 0 spiro atoms. The minimum Gasteiger partial charge on any atom is -0.480 e. The molecule has 0 fully saturated rings. The van der Waals surface area contributed by atoms with Gasteiger partial charge in [-0.25, -0.2) is 4.98 Å². The fourth-order valence-corrected chi connectivity index (χ4v) is 2.54. The number of thiophene rings is 1. The number of nitrogens with zero attached hydrogens (tertiary/aromatic N) is 2. The Bertz CT molecular complexity index is 550. The van der Waals surface area contributed by atoms with E-state index < -0.39 is 11.5 Å². The van der Waals surface area contributed by atoms with Crippen molar-refractivity contribution in [2.45, 2.75) is 25.4 Å². The average Bonchev–Trinajstić information content (AvgIpc) is 3.05. The van der Waals surface area contributed by atoms with E-state index in [4.69, 9.17) is 0 Å². The van der Waals surface area contributed by atoms with E-state index in [1.807, 2.05) is 28.3 Å². The van der Waals surface area contributed by atoms with Crippen LogP contribution in [0.4, 0.5) is 0 Å². The van der Waals surface area contributed by atoms with Crippen molar-refractivity contribution in [3.63, 3.8) is 0 Å². The number of carbonyl (C=O) groups is 1. The molecule has 0 aliphatic heterocycles. The molecule has 2 aromatic rings. The first kappa shape index (κ1) is 13.8. The van der Waals surface area contributed by atoms with Crippen molar-refractivity contribution in [1.82, 2.24) is 14.9 Å². The zero-order valence-electron chi connectivity index (χ0n) is 11.0. The van der Waals surface area contributed by atoms with Gasteiger partial charge in [-0.2, -0.15) is 0 Å². The van der Waals surface area contributed by atoms with Crippen LogP contribution >= 0.6 is 11.3 Å². The summed E-state index contributed by atoms with van der Waals surface area (Å²) in [5.74, 6) is 0.0478. The second-order valence-corrected chi connectivity index (χ2v) is 5.51. The van der Waals surface area contributed by atoms with Gasteiger partial charge in [-0.1, -0.05) is 6.07 Å². The van der Waals surface area contributed by atoms with Gasteiger partial charge >= 0.3 is 5.97 Å². The second-order valence-electron chi connectivity index (χ2n) is 4.56. The molecule has 1 atom stereocenters. The number of carboxylic acids is 1. The lowest BCUT2D eigenvalue weighted by atomic mass is 9.98. The zero-order valence-corrected chi connectivity index (χ0v) is 11.8. The van der Waals surface area contributed by atoms with Crippen molar-refractivity contribution < 1.29 is 9.90 Å². The predicted octanol–water partition coefficient (Wildman–Crippen LogP) is 2.06. The maximum absolute atomic E-state index is 11.2. The van der Waals surface area contributed by atoms with Gasteiger partial charge in [0.1, 0.15) is 11.4 Å². The van der Waals surface area contributed by atoms with Gasteiger partial charge in [-0.05, 0) is 31.8 Å². The number of carboxylic acid groups (broad SMARTS) is 1. The maximum Gasteiger partial charge on any atom is 0.323 e. The third kappa shape index (κ3) is 2.85. The smallest absolute Gasteiger partial charge is 0.323 e. The van der Waals surface area contributed by atoms with Crippen LogP contribution < -0.4 is 5.32 Å². The molecule has 0 radical (unpaired) electrons. The molecule has 2 N–H and O–H groups in total. The Hall–Kier alpha value is -1.66. The number of rotatable bonds is 6. The molecular weight excluding hydrogens is 262 g/mol. The van der Waals surface area contributed by atoms with Gasteiger partial charge in [-0.15, -0.1) is 11.3 Å². The summed E-state index contributed by atoms with van der Waals surface area (Å²) in [5.41, 5.74) is -0.920. The quantitative estimate of drug-likeness (QED) is 0.849. The highest BCUT2D eigenvalue weighted by Gasteiger charge is 2.30. The molecule has 6 heteroatoms. The molecule has 0 saturated carbocycles. The Morgan fingerprint density at radius 1 is 1.63 bits per heavy atom. The third-order valence-corrected chi connectivity index (χ3v) is 4.20. The highest BCUT2D eigenvalue weighted by molar-refractivity contribution is 7.13. The summed E-state index contributed by atoms with van der Waals surface area (Å²) >= 11 is 1.62. The number of likely N-dealkylation sites (N-methyl/N-ethyl adjacent to an activating group) is 1. The standard InChI is InChI=1S/C13H17N3O2S/c1-13(14-2,12(17)18)5-7-16-8-6-15-11(16)10-4-3-9-19-10/h3-4,6,8-9,14H,5,7H2,1-2H3,(H,17,18). The molecule has 102 valence electrons. The van der Waals surface area contributed by atoms with E-state index in [9.17, 15) is 9.90 Å². The molecule has 0 aromatic carbocycles. The van der Waals surface area contributed by atoms with Crippen molar-refractivity contribution in [2.24, 2.45) is 0 Å². The van der Waals surface area contributed by atoms with Crippen LogP contribution in [0.5, 0.6) is 0 Å². The molecule has 0 saturated heterocycles. The molecule has 0 aliphatic carbocycles. The molecule has 5 nitrogen and oxygen atoms in total. The minimum atomic E-state index is -0.920. The summed E-state index contributed by atoms with van der Waals surface area (Å²) in [4.78, 5) is 16.7. The first-order valence-electron chi connectivity index (χ1n) is 6.04. The Labute approximate surface area is 115 Å². The molecule has 1 unspecified atom stereocenters. The molecule has 2 heterocycles. The fraction of sp³-hybridized carbons (Fsp3) is 0.385. The van der Waals surface area contributed by atoms with Crippen LogP contribution in [-0.2, 0) is 11.3 Å². The van der Waals surface area contributed by atoms with Gasteiger partial charge in [0.2, 0.25) is 0 Å². The van der Waals surface area contributed by atoms with Gasteiger partial charge in [0.05, 0.1) is 4.88 Å². The van der Waals surface area contributed by atoms with E-state index in [0.29, 0.717) is 13.0 Å². The number of aryl methyl sites for hydroxylation is 1. The molecule has 0 amide bonds. The van der Waals surface area contributed by atoms with Gasteiger partial charge in [0.25, 0.3) is 0 Å². The van der Waals surface area contributed by atoms with E-state index >= 15 is 0 Å². The van der Waals surface area contributed by atoms with Crippen LogP contribution in [-0.4, -0.2) is 33.2 Å². The van der Waals surface area contributed by atoms with Crippen molar-refractivity contribution in [1.29, 1.82) is 0 Å². The third-order valence-electron chi connectivity index (χ3n) is 3.33. The predicted molar refractivity (Wildman–Crippen MR) is 75.3 cm³/mol. The average molecular weight is 279 g/mol. The molecule has 2 rings (SSSR count). The molecule has 2 aromatic heterocycles. The van der Waals surface area contributed by atoms with E-state index in [1.165, 1.54) is 0 Å². The fourth-order valence-electron chi connectivity index (χ4n) is 1.80. The van der Waals surface area contributed by atoms with Crippen molar-refractivity contribution in [3.05, 3.63) is 29.9 Å². The number of aliphatic carboxylic acids is 1. The summed E-state index contributed by atoms with van der Waals surface area (Å²) in [6.07, 6.45) is 4.12. The van der Waals surface area contributed by atoms with Crippen molar-refractivity contribution in [3.8, 4) is 10.7 Å². The van der Waals surface area contributed by atoms with E-state index in [-0.39, 0.29) is 0 Å². The number of imidazole rings is 1. The lowest BCUT2D eigenvalue weighted by Crippen LogP contribution is -2.48. The summed E-state index contributed by atoms with van der Waals surface area (Å²) in [6, 6.07) is 3.99. The Morgan fingerprint density at radius 3 is 3.00 bits per heavy atom. The summed E-state index contributed by atoms with van der Waals surface area (Å²) in [7, 11) is 1.67. The molecule has 0 bridgehead atoms. The van der Waals surface area contributed by atoms with Gasteiger partial charge in [0, 0.05) is 18.9 Å². The van der Waals surface area contributed by atoms with Crippen LogP contribution in [0.3, 0.4) is 0 Å². The normalized spacial score (nSPS) is 14.2. The van der Waals surface area contributed by atoms with Crippen LogP contribution in [0.15, 0.2) is 29.9 Å². The summed E-state index contributed by atoms with van der Waals surface area (Å²) in [6.45, 7) is 2.30. The molecule has 19 heavy (non-hydrogen) atoms. The SMILES string of the molecule is CNC(C)(CCn1ccnc1-c1cccs1)C(=O)O. The highest BCUT2D eigenvalue weighted by atomic mass is 32.1. The number of aromatic nitrogens is 2. The molecule has 0 aliphatic rings. The first-order valence-corrected chi connectivity index (χ1v) is 6.92. The number of nitrogens with one attached hydrogen (secondary N) is 1. The van der Waals surface area contributed by atoms with Crippen LogP contribution in [0.1, 0.15) is 13.3 Å². The lowest BCUT2D eigenvalue weighted by Gasteiger charge is -2.24. The number of hydrogen-bond donors (Lipinski definition) is 2. The van der Waals surface area contributed by atoms with Gasteiger partial charge in [-0.3, -0.25) is 4.79 Å². The highest BCUT2D eigenvalue weighted by Crippen LogP contribution is 2.23.